The van der Waals surface area contributed by atoms with Crippen LogP contribution in [0.15, 0.2) is 0 Å². The number of ether oxygens (including phenoxy) is 4. The van der Waals surface area contributed by atoms with E-state index >= 15 is 0 Å². The van der Waals surface area contributed by atoms with Gasteiger partial charge in [0.15, 0.2) is 12.2 Å². The van der Waals surface area contributed by atoms with Gasteiger partial charge in [0.05, 0.1) is 26.4 Å². The van der Waals surface area contributed by atoms with Gasteiger partial charge in [-0.25, -0.2) is 9.13 Å². The van der Waals surface area contributed by atoms with Crippen molar-refractivity contribution in [3.63, 3.8) is 0 Å². The van der Waals surface area contributed by atoms with E-state index < -0.39 is 97.5 Å². The number of rotatable bonds is 56. The molecule has 19 heteroatoms. The van der Waals surface area contributed by atoms with Crippen molar-refractivity contribution in [3.05, 3.63) is 0 Å². The van der Waals surface area contributed by atoms with E-state index in [-0.39, 0.29) is 25.7 Å². The first-order chi connectivity index (χ1) is 36.1. The number of phosphoric ester groups is 2. The molecule has 0 aliphatic carbocycles. The van der Waals surface area contributed by atoms with Gasteiger partial charge in [-0.3, -0.25) is 37.3 Å². The van der Waals surface area contributed by atoms with Gasteiger partial charge in [0.1, 0.15) is 19.3 Å². The van der Waals surface area contributed by atoms with Crippen LogP contribution in [0.2, 0.25) is 0 Å². The number of aliphatic hydroxyl groups excluding tert-OH is 1. The first-order valence-corrected chi connectivity index (χ1v) is 32.7. The van der Waals surface area contributed by atoms with Gasteiger partial charge in [0, 0.05) is 25.7 Å². The van der Waals surface area contributed by atoms with Crippen molar-refractivity contribution in [3.8, 4) is 0 Å². The SMILES string of the molecule is CCCCCCCCCCCCCC(=O)OC[C@H](COP(=O)(O)OC[C@@H](O)COP(=O)(O)OC[C@@H](COC(=O)CCCCCCC)OC(=O)CCCCCCCCC)OC(=O)CCCCCCCCCCC(C)CC. The lowest BCUT2D eigenvalue weighted by Gasteiger charge is -2.21. The molecule has 0 bridgehead atoms. The molecule has 17 nitrogen and oxygen atoms in total. The van der Waals surface area contributed by atoms with Gasteiger partial charge < -0.3 is 33.8 Å². The first-order valence-electron chi connectivity index (χ1n) is 29.7. The van der Waals surface area contributed by atoms with E-state index in [9.17, 15) is 43.2 Å². The highest BCUT2D eigenvalue weighted by Crippen LogP contribution is 2.45. The molecule has 0 amide bonds. The number of esters is 4. The number of hydrogen-bond acceptors (Lipinski definition) is 15. The fraction of sp³-hybridized carbons (Fsp3) is 0.929. The highest BCUT2D eigenvalue weighted by molar-refractivity contribution is 7.47. The summed E-state index contributed by atoms with van der Waals surface area (Å²) < 4.78 is 67.4. The van der Waals surface area contributed by atoms with Crippen LogP contribution in [0.4, 0.5) is 0 Å². The second kappa shape index (κ2) is 50.3. The van der Waals surface area contributed by atoms with E-state index in [1.165, 1.54) is 77.0 Å². The zero-order chi connectivity index (χ0) is 55.7. The average molecular weight is 1120 g/mol. The minimum Gasteiger partial charge on any atom is -0.462 e. The molecule has 0 aromatic carbocycles. The second-order valence-electron chi connectivity index (χ2n) is 20.6. The molecule has 0 spiro atoms. The molecule has 0 heterocycles. The van der Waals surface area contributed by atoms with Crippen LogP contribution in [-0.2, 0) is 65.4 Å². The Labute approximate surface area is 454 Å². The lowest BCUT2D eigenvalue weighted by molar-refractivity contribution is -0.161. The lowest BCUT2D eigenvalue weighted by Crippen LogP contribution is -2.30. The van der Waals surface area contributed by atoms with Crippen LogP contribution in [0.5, 0.6) is 0 Å². The maximum absolute atomic E-state index is 12.9. The molecule has 0 saturated heterocycles. The Morgan fingerprint density at radius 2 is 0.640 bits per heavy atom. The smallest absolute Gasteiger partial charge is 0.462 e. The molecule has 6 atom stereocenters. The molecule has 0 aromatic rings. The number of phosphoric acid groups is 2. The third-order valence-electron chi connectivity index (χ3n) is 13.1. The summed E-state index contributed by atoms with van der Waals surface area (Å²) in [5.74, 6) is -1.39. The third kappa shape index (κ3) is 50.1. The number of carbonyl (C=O) groups is 4. The molecule has 3 unspecified atom stereocenters. The van der Waals surface area contributed by atoms with Gasteiger partial charge in [-0.1, -0.05) is 221 Å². The van der Waals surface area contributed by atoms with E-state index in [1.54, 1.807) is 0 Å². The largest absolute Gasteiger partial charge is 0.472 e. The Bertz CT molecular complexity index is 1490. The molecule has 0 fully saturated rings. The van der Waals surface area contributed by atoms with E-state index in [0.29, 0.717) is 25.7 Å². The van der Waals surface area contributed by atoms with Crippen molar-refractivity contribution in [2.24, 2.45) is 5.92 Å². The summed E-state index contributed by atoms with van der Waals surface area (Å²) in [5, 5.41) is 10.5. The minimum absolute atomic E-state index is 0.103. The molecule has 0 saturated carbocycles. The van der Waals surface area contributed by atoms with Gasteiger partial charge in [0.2, 0.25) is 0 Å². The summed E-state index contributed by atoms with van der Waals surface area (Å²) in [7, 11) is -9.86. The lowest BCUT2D eigenvalue weighted by atomic mass is 9.99. The van der Waals surface area contributed by atoms with Crippen molar-refractivity contribution in [2.75, 3.05) is 39.6 Å². The summed E-state index contributed by atoms with van der Waals surface area (Å²) in [6, 6.07) is 0. The molecule has 0 radical (unpaired) electrons. The number of carbonyl (C=O) groups excluding carboxylic acids is 4. The van der Waals surface area contributed by atoms with Crippen molar-refractivity contribution in [2.45, 2.75) is 291 Å². The minimum atomic E-state index is -4.93. The van der Waals surface area contributed by atoms with Crippen LogP contribution in [0, 0.1) is 5.92 Å². The van der Waals surface area contributed by atoms with Crippen LogP contribution in [0.3, 0.4) is 0 Å². The summed E-state index contributed by atoms with van der Waals surface area (Å²) in [6.45, 7) is 6.99. The van der Waals surface area contributed by atoms with Gasteiger partial charge in [-0.05, 0) is 31.6 Å². The summed E-state index contributed by atoms with van der Waals surface area (Å²) in [6.07, 6.45) is 31.1. The van der Waals surface area contributed by atoms with E-state index in [0.717, 1.165) is 115 Å². The molecule has 444 valence electrons. The zero-order valence-corrected chi connectivity index (χ0v) is 49.5. The quantitative estimate of drug-likeness (QED) is 0.0222. The number of unbranched alkanes of at least 4 members (excludes halogenated alkanes) is 27. The maximum atomic E-state index is 12.9. The van der Waals surface area contributed by atoms with Gasteiger partial charge in [0.25, 0.3) is 0 Å². The summed E-state index contributed by atoms with van der Waals surface area (Å²) >= 11 is 0. The molecular formula is C56H108O17P2. The Kier molecular flexibility index (Phi) is 49.0. The zero-order valence-electron chi connectivity index (χ0n) is 47.7. The van der Waals surface area contributed by atoms with Crippen LogP contribution >= 0.6 is 15.6 Å². The molecule has 3 N–H and O–H groups in total. The predicted molar refractivity (Wildman–Crippen MR) is 294 cm³/mol. The topological polar surface area (TPSA) is 237 Å². The van der Waals surface area contributed by atoms with Crippen molar-refractivity contribution < 1.29 is 80.2 Å². The van der Waals surface area contributed by atoms with Crippen LogP contribution < -0.4 is 0 Å². The van der Waals surface area contributed by atoms with E-state index in [2.05, 4.69) is 34.6 Å². The normalized spacial score (nSPS) is 14.8. The predicted octanol–water partition coefficient (Wildman–Crippen LogP) is 14.7. The Morgan fingerprint density at radius 3 is 0.947 bits per heavy atom. The van der Waals surface area contributed by atoms with Crippen LogP contribution in [0.1, 0.15) is 272 Å². The van der Waals surface area contributed by atoms with Crippen molar-refractivity contribution >= 4 is 39.5 Å². The van der Waals surface area contributed by atoms with Crippen LogP contribution in [0.25, 0.3) is 0 Å². The maximum Gasteiger partial charge on any atom is 0.472 e. The van der Waals surface area contributed by atoms with E-state index in [1.807, 2.05) is 0 Å². The Hall–Kier alpha value is -1.94. The summed E-state index contributed by atoms with van der Waals surface area (Å²) in [4.78, 5) is 71.5. The van der Waals surface area contributed by atoms with Crippen molar-refractivity contribution in [1.29, 1.82) is 0 Å². The van der Waals surface area contributed by atoms with E-state index in [4.69, 9.17) is 37.0 Å². The Morgan fingerprint density at radius 1 is 0.373 bits per heavy atom. The van der Waals surface area contributed by atoms with Crippen molar-refractivity contribution in [1.82, 2.24) is 0 Å². The molecule has 0 aliphatic rings. The monoisotopic (exact) mass is 1110 g/mol. The number of aliphatic hydroxyl groups is 1. The fourth-order valence-corrected chi connectivity index (χ4v) is 9.71. The second-order valence-corrected chi connectivity index (χ2v) is 23.5. The highest BCUT2D eigenvalue weighted by Gasteiger charge is 2.30. The Balaban J connectivity index is 5.18. The molecular weight excluding hydrogens is 1010 g/mol. The molecule has 75 heavy (non-hydrogen) atoms. The average Bonchev–Trinajstić information content (AvgIpc) is 3.38. The van der Waals surface area contributed by atoms with Gasteiger partial charge in [-0.2, -0.15) is 0 Å². The molecule has 0 aliphatic heterocycles. The van der Waals surface area contributed by atoms with Gasteiger partial charge >= 0.3 is 39.5 Å². The van der Waals surface area contributed by atoms with Crippen LogP contribution in [-0.4, -0.2) is 96.7 Å². The molecule has 0 aromatic heterocycles. The molecule has 0 rings (SSSR count). The fourth-order valence-electron chi connectivity index (χ4n) is 8.14. The highest BCUT2D eigenvalue weighted by atomic mass is 31.2. The first kappa shape index (κ1) is 73.1. The summed E-state index contributed by atoms with van der Waals surface area (Å²) in [5.41, 5.74) is 0. The standard InChI is InChI=1S/C56H108O17P2/c1-6-10-13-16-18-19-20-21-26-30-35-40-54(59)67-46-52(73-56(61)42-37-32-27-23-22-25-29-33-38-49(5)9-4)48-71-75(64,65)69-44-50(57)43-68-74(62,63)70-47-51(45-66-53(58)39-34-28-15-12-8-3)72-55(60)41-36-31-24-17-14-11-7-2/h49-52,57H,6-48H2,1-5H3,(H,62,63)(H,64,65)/t49?,50-,51+,52+/m0/s1. The van der Waals surface area contributed by atoms with Gasteiger partial charge in [-0.15, -0.1) is 0 Å². The number of hydrogen-bond donors (Lipinski definition) is 3. The third-order valence-corrected chi connectivity index (χ3v) is 15.0.